The van der Waals surface area contributed by atoms with Gasteiger partial charge in [0.05, 0.1) is 11.6 Å². The highest BCUT2D eigenvalue weighted by Crippen LogP contribution is 2.19. The second-order valence-electron chi connectivity index (χ2n) is 7.41. The van der Waals surface area contributed by atoms with E-state index in [0.29, 0.717) is 12.1 Å². The van der Waals surface area contributed by atoms with Crippen molar-refractivity contribution in [1.82, 2.24) is 14.7 Å². The van der Waals surface area contributed by atoms with Gasteiger partial charge in [-0.2, -0.15) is 0 Å². The number of amides is 1. The molecule has 0 spiro atoms. The van der Waals surface area contributed by atoms with Crippen molar-refractivity contribution in [3.63, 3.8) is 0 Å². The number of rotatable bonds is 4. The SMILES string of the molecule is CN1CCCCC1C(=O)N1CCCN(Cc2ccccc2C(=O)O)CC1. The predicted molar refractivity (Wildman–Crippen MR) is 100 cm³/mol. The van der Waals surface area contributed by atoms with E-state index < -0.39 is 5.97 Å². The molecule has 2 fully saturated rings. The first-order valence-electron chi connectivity index (χ1n) is 9.59. The molecule has 2 aliphatic heterocycles. The summed E-state index contributed by atoms with van der Waals surface area (Å²) < 4.78 is 0. The number of carbonyl (C=O) groups is 2. The smallest absolute Gasteiger partial charge is 0.336 e. The second kappa shape index (κ2) is 8.64. The summed E-state index contributed by atoms with van der Waals surface area (Å²) in [5.74, 6) is -0.618. The van der Waals surface area contributed by atoms with Crippen LogP contribution in [-0.4, -0.2) is 77.5 Å². The minimum atomic E-state index is -0.882. The Labute approximate surface area is 155 Å². The molecular formula is C20H29N3O3. The van der Waals surface area contributed by atoms with Gasteiger partial charge in [0.25, 0.3) is 0 Å². The van der Waals surface area contributed by atoms with E-state index in [9.17, 15) is 14.7 Å². The maximum Gasteiger partial charge on any atom is 0.336 e. The molecule has 1 unspecified atom stereocenters. The van der Waals surface area contributed by atoms with Crippen molar-refractivity contribution in [2.75, 3.05) is 39.8 Å². The van der Waals surface area contributed by atoms with E-state index in [1.807, 2.05) is 17.0 Å². The molecular weight excluding hydrogens is 330 g/mol. The molecule has 0 radical (unpaired) electrons. The summed E-state index contributed by atoms with van der Waals surface area (Å²) >= 11 is 0. The third-order valence-corrected chi connectivity index (χ3v) is 5.60. The fourth-order valence-corrected chi connectivity index (χ4v) is 4.06. The van der Waals surface area contributed by atoms with Gasteiger partial charge in [0.2, 0.25) is 5.91 Å². The van der Waals surface area contributed by atoms with Crippen LogP contribution >= 0.6 is 0 Å². The molecule has 0 bridgehead atoms. The van der Waals surface area contributed by atoms with Gasteiger partial charge in [0, 0.05) is 32.7 Å². The van der Waals surface area contributed by atoms with Crippen LogP contribution in [0.25, 0.3) is 0 Å². The number of carboxylic acid groups (broad SMARTS) is 1. The first-order valence-corrected chi connectivity index (χ1v) is 9.59. The summed E-state index contributed by atoms with van der Waals surface area (Å²) in [6.45, 7) is 4.81. The Balaban J connectivity index is 1.60. The van der Waals surface area contributed by atoms with E-state index in [0.717, 1.165) is 57.5 Å². The van der Waals surface area contributed by atoms with E-state index in [-0.39, 0.29) is 11.9 Å². The molecule has 2 heterocycles. The molecule has 142 valence electrons. The highest BCUT2D eigenvalue weighted by atomic mass is 16.4. The van der Waals surface area contributed by atoms with Gasteiger partial charge in [0.1, 0.15) is 0 Å². The average Bonchev–Trinajstić information content (AvgIpc) is 2.87. The van der Waals surface area contributed by atoms with Crippen LogP contribution in [0.5, 0.6) is 0 Å². The maximum atomic E-state index is 12.9. The van der Waals surface area contributed by atoms with Crippen molar-refractivity contribution in [3.8, 4) is 0 Å². The summed E-state index contributed by atoms with van der Waals surface area (Å²) in [6, 6.07) is 7.21. The lowest BCUT2D eigenvalue weighted by Gasteiger charge is -2.35. The largest absolute Gasteiger partial charge is 0.478 e. The van der Waals surface area contributed by atoms with Crippen molar-refractivity contribution < 1.29 is 14.7 Å². The first-order chi connectivity index (χ1) is 12.6. The minimum Gasteiger partial charge on any atom is -0.478 e. The van der Waals surface area contributed by atoms with E-state index in [1.165, 1.54) is 6.42 Å². The van der Waals surface area contributed by atoms with Crippen molar-refractivity contribution >= 4 is 11.9 Å². The first kappa shape index (κ1) is 18.9. The predicted octanol–water partition coefficient (Wildman–Crippen LogP) is 1.90. The molecule has 1 atom stereocenters. The van der Waals surface area contributed by atoms with Crippen molar-refractivity contribution in [3.05, 3.63) is 35.4 Å². The number of hydrogen-bond donors (Lipinski definition) is 1. The zero-order chi connectivity index (χ0) is 18.5. The van der Waals surface area contributed by atoms with Crippen LogP contribution in [0.2, 0.25) is 0 Å². The maximum absolute atomic E-state index is 12.9. The Morgan fingerprint density at radius 1 is 1.04 bits per heavy atom. The number of hydrogen-bond acceptors (Lipinski definition) is 4. The van der Waals surface area contributed by atoms with Crippen LogP contribution in [0.1, 0.15) is 41.6 Å². The third kappa shape index (κ3) is 4.43. The topological polar surface area (TPSA) is 64.1 Å². The number of carbonyl (C=O) groups excluding carboxylic acids is 1. The van der Waals surface area contributed by atoms with E-state index in [1.54, 1.807) is 12.1 Å². The molecule has 1 amide bonds. The Morgan fingerprint density at radius 2 is 1.85 bits per heavy atom. The van der Waals surface area contributed by atoms with Crippen LogP contribution in [0, 0.1) is 0 Å². The van der Waals surface area contributed by atoms with Crippen LogP contribution in [0.15, 0.2) is 24.3 Å². The lowest BCUT2D eigenvalue weighted by molar-refractivity contribution is -0.137. The molecule has 2 aliphatic rings. The van der Waals surface area contributed by atoms with Crippen LogP contribution < -0.4 is 0 Å². The fourth-order valence-electron chi connectivity index (χ4n) is 4.06. The van der Waals surface area contributed by atoms with Gasteiger partial charge in [-0.1, -0.05) is 24.6 Å². The highest BCUT2D eigenvalue weighted by Gasteiger charge is 2.30. The van der Waals surface area contributed by atoms with Gasteiger partial charge in [-0.25, -0.2) is 4.79 Å². The minimum absolute atomic E-state index is 0.0306. The molecule has 0 saturated carbocycles. The number of likely N-dealkylation sites (tertiary alicyclic amines) is 1. The standard InChI is InChI=1S/C20H29N3O3/c1-21-10-5-4-9-18(21)19(24)23-12-6-11-22(13-14-23)15-16-7-2-3-8-17(16)20(25)26/h2-3,7-8,18H,4-6,9-15H2,1H3,(H,25,26). The average molecular weight is 359 g/mol. The summed E-state index contributed by atoms with van der Waals surface area (Å²) in [7, 11) is 2.05. The molecule has 2 saturated heterocycles. The summed E-state index contributed by atoms with van der Waals surface area (Å²) in [6.07, 6.45) is 4.20. The Kier molecular flexibility index (Phi) is 6.27. The number of nitrogens with zero attached hydrogens (tertiary/aromatic N) is 3. The number of carboxylic acids is 1. The van der Waals surface area contributed by atoms with Crippen LogP contribution in [0.3, 0.4) is 0 Å². The van der Waals surface area contributed by atoms with Gasteiger partial charge in [-0.15, -0.1) is 0 Å². The van der Waals surface area contributed by atoms with Gasteiger partial charge >= 0.3 is 5.97 Å². The van der Waals surface area contributed by atoms with Crippen LogP contribution in [-0.2, 0) is 11.3 Å². The van der Waals surface area contributed by atoms with E-state index in [4.69, 9.17) is 0 Å². The van der Waals surface area contributed by atoms with Crippen molar-refractivity contribution in [2.24, 2.45) is 0 Å². The Morgan fingerprint density at radius 3 is 2.62 bits per heavy atom. The normalized spacial score (nSPS) is 22.8. The molecule has 1 N–H and O–H groups in total. The zero-order valence-corrected chi connectivity index (χ0v) is 15.6. The Bertz CT molecular complexity index is 649. The molecule has 0 aromatic heterocycles. The molecule has 0 aliphatic carbocycles. The van der Waals surface area contributed by atoms with Crippen LogP contribution in [0.4, 0.5) is 0 Å². The quantitative estimate of drug-likeness (QED) is 0.890. The number of aromatic carboxylic acids is 1. The fraction of sp³-hybridized carbons (Fsp3) is 0.600. The zero-order valence-electron chi connectivity index (χ0n) is 15.6. The number of piperidine rings is 1. The summed E-state index contributed by atoms with van der Waals surface area (Å²) in [4.78, 5) is 30.8. The monoisotopic (exact) mass is 359 g/mol. The highest BCUT2D eigenvalue weighted by molar-refractivity contribution is 5.89. The van der Waals surface area contributed by atoms with E-state index >= 15 is 0 Å². The molecule has 1 aromatic rings. The van der Waals surface area contributed by atoms with Gasteiger partial charge in [-0.3, -0.25) is 14.6 Å². The number of likely N-dealkylation sites (N-methyl/N-ethyl adjacent to an activating group) is 1. The van der Waals surface area contributed by atoms with Gasteiger partial charge in [0.15, 0.2) is 0 Å². The molecule has 26 heavy (non-hydrogen) atoms. The summed E-state index contributed by atoms with van der Waals surface area (Å²) in [5, 5.41) is 9.36. The van der Waals surface area contributed by atoms with Crippen molar-refractivity contribution in [1.29, 1.82) is 0 Å². The number of benzene rings is 1. The molecule has 6 heteroatoms. The van der Waals surface area contributed by atoms with Gasteiger partial charge < -0.3 is 10.0 Å². The third-order valence-electron chi connectivity index (χ3n) is 5.60. The second-order valence-corrected chi connectivity index (χ2v) is 7.41. The lowest BCUT2D eigenvalue weighted by Crippen LogP contribution is -2.50. The van der Waals surface area contributed by atoms with E-state index in [2.05, 4.69) is 16.8 Å². The lowest BCUT2D eigenvalue weighted by atomic mass is 10.0. The van der Waals surface area contributed by atoms with Gasteiger partial charge in [-0.05, 0) is 44.5 Å². The molecule has 6 nitrogen and oxygen atoms in total. The Hall–Kier alpha value is -1.92. The van der Waals surface area contributed by atoms with Crippen molar-refractivity contribution in [2.45, 2.75) is 38.3 Å². The molecule has 1 aromatic carbocycles. The molecule has 3 rings (SSSR count). The summed E-state index contributed by atoms with van der Waals surface area (Å²) in [5.41, 5.74) is 1.21.